The second kappa shape index (κ2) is 10.4. The van der Waals surface area contributed by atoms with E-state index in [9.17, 15) is 0 Å². The van der Waals surface area contributed by atoms with Gasteiger partial charge in [-0.05, 0) is 37.3 Å². The highest BCUT2D eigenvalue weighted by Crippen LogP contribution is 2.22. The van der Waals surface area contributed by atoms with Crippen LogP contribution in [0, 0.1) is 5.92 Å². The number of anilines is 1. The minimum atomic E-state index is 0.294. The lowest BCUT2D eigenvalue weighted by Gasteiger charge is -2.19. The lowest BCUT2D eigenvalue weighted by molar-refractivity contribution is 0.0420. The van der Waals surface area contributed by atoms with E-state index in [1.165, 1.54) is 12.1 Å². The van der Waals surface area contributed by atoms with Gasteiger partial charge in [0.25, 0.3) is 0 Å². The van der Waals surface area contributed by atoms with Gasteiger partial charge >= 0.3 is 0 Å². The highest BCUT2D eigenvalue weighted by molar-refractivity contribution is 5.79. The van der Waals surface area contributed by atoms with Crippen LogP contribution in [0.2, 0.25) is 0 Å². The molecule has 0 aromatic heterocycles. The van der Waals surface area contributed by atoms with Crippen LogP contribution in [-0.2, 0) is 9.47 Å². The molecule has 144 valence electrons. The summed E-state index contributed by atoms with van der Waals surface area (Å²) in [5.74, 6) is 1.53. The number of benzene rings is 1. The number of guanidine groups is 1. The van der Waals surface area contributed by atoms with E-state index in [-0.39, 0.29) is 0 Å². The van der Waals surface area contributed by atoms with E-state index in [0.29, 0.717) is 12.0 Å². The molecule has 6 heteroatoms. The second-order valence-corrected chi connectivity index (χ2v) is 7.03. The maximum absolute atomic E-state index is 5.78. The van der Waals surface area contributed by atoms with Crippen molar-refractivity contribution in [2.75, 3.05) is 57.9 Å². The van der Waals surface area contributed by atoms with Crippen LogP contribution >= 0.6 is 0 Å². The Balaban J connectivity index is 1.28. The summed E-state index contributed by atoms with van der Waals surface area (Å²) in [5.41, 5.74) is 1.32. The Kier molecular flexibility index (Phi) is 7.58. The largest absolute Gasteiger partial charge is 0.379 e. The van der Waals surface area contributed by atoms with Crippen molar-refractivity contribution in [1.29, 1.82) is 0 Å². The second-order valence-electron chi connectivity index (χ2n) is 7.03. The van der Waals surface area contributed by atoms with Gasteiger partial charge in [-0.3, -0.25) is 4.99 Å². The van der Waals surface area contributed by atoms with E-state index >= 15 is 0 Å². The molecule has 3 rings (SSSR count). The summed E-state index contributed by atoms with van der Waals surface area (Å²) in [6, 6.07) is 10.7. The number of hydrogen-bond donors (Lipinski definition) is 2. The lowest BCUT2D eigenvalue weighted by Crippen LogP contribution is -2.40. The maximum Gasteiger partial charge on any atom is 0.190 e. The summed E-state index contributed by atoms with van der Waals surface area (Å²) < 4.78 is 11.1. The zero-order chi connectivity index (χ0) is 18.0. The first-order chi connectivity index (χ1) is 12.8. The van der Waals surface area contributed by atoms with Crippen LogP contribution in [-0.4, -0.2) is 65.1 Å². The minimum absolute atomic E-state index is 0.294. The summed E-state index contributed by atoms with van der Waals surface area (Å²) >= 11 is 0. The number of ether oxygens (including phenoxy) is 2. The van der Waals surface area contributed by atoms with Crippen molar-refractivity contribution in [1.82, 2.24) is 10.6 Å². The van der Waals surface area contributed by atoms with Gasteiger partial charge < -0.3 is 25.0 Å². The first-order valence-electron chi connectivity index (χ1n) is 9.79. The maximum atomic E-state index is 5.78. The van der Waals surface area contributed by atoms with Gasteiger partial charge in [-0.25, -0.2) is 0 Å². The van der Waals surface area contributed by atoms with Gasteiger partial charge in [0, 0.05) is 52.1 Å². The molecule has 2 fully saturated rings. The van der Waals surface area contributed by atoms with E-state index in [1.54, 1.807) is 0 Å². The van der Waals surface area contributed by atoms with Crippen molar-refractivity contribution in [3.8, 4) is 0 Å². The van der Waals surface area contributed by atoms with Gasteiger partial charge in [0.05, 0.1) is 12.7 Å². The summed E-state index contributed by atoms with van der Waals surface area (Å²) in [6.07, 6.45) is 3.51. The van der Waals surface area contributed by atoms with Crippen molar-refractivity contribution in [3.63, 3.8) is 0 Å². The van der Waals surface area contributed by atoms with Gasteiger partial charge in [-0.1, -0.05) is 18.2 Å². The molecule has 0 saturated carbocycles. The summed E-state index contributed by atoms with van der Waals surface area (Å²) in [4.78, 5) is 6.79. The fourth-order valence-electron chi connectivity index (χ4n) is 3.51. The molecule has 1 aromatic carbocycles. The van der Waals surface area contributed by atoms with Crippen molar-refractivity contribution < 1.29 is 9.47 Å². The number of nitrogens with zero attached hydrogens (tertiary/aromatic N) is 2. The van der Waals surface area contributed by atoms with Crippen LogP contribution < -0.4 is 15.5 Å². The molecule has 2 unspecified atom stereocenters. The molecule has 2 N–H and O–H groups in total. The molecule has 2 saturated heterocycles. The fraction of sp³-hybridized carbons (Fsp3) is 0.650. The summed E-state index contributed by atoms with van der Waals surface area (Å²) in [6.45, 7) is 6.41. The third-order valence-corrected chi connectivity index (χ3v) is 5.04. The van der Waals surface area contributed by atoms with Crippen molar-refractivity contribution in [2.45, 2.75) is 25.4 Å². The van der Waals surface area contributed by atoms with Crippen molar-refractivity contribution in [2.24, 2.45) is 10.9 Å². The molecule has 2 heterocycles. The van der Waals surface area contributed by atoms with Crippen molar-refractivity contribution in [3.05, 3.63) is 30.3 Å². The molecule has 0 spiro atoms. The Morgan fingerprint density at radius 3 is 2.92 bits per heavy atom. The molecule has 2 aliphatic heterocycles. The van der Waals surface area contributed by atoms with E-state index in [0.717, 1.165) is 64.8 Å². The lowest BCUT2D eigenvalue weighted by atomic mass is 10.1. The van der Waals surface area contributed by atoms with Crippen LogP contribution in [0.15, 0.2) is 35.3 Å². The Morgan fingerprint density at radius 1 is 1.27 bits per heavy atom. The normalized spacial score (nSPS) is 23.4. The van der Waals surface area contributed by atoms with Gasteiger partial charge in [0.15, 0.2) is 5.96 Å². The zero-order valence-corrected chi connectivity index (χ0v) is 15.8. The predicted octanol–water partition coefficient (Wildman–Crippen LogP) is 1.87. The number of hydrogen-bond acceptors (Lipinski definition) is 4. The summed E-state index contributed by atoms with van der Waals surface area (Å²) in [5, 5.41) is 6.84. The SMILES string of the molecule is CN=C(NCCCOC1CCOC1)NCC1CCN(c2ccccc2)C1. The quantitative estimate of drug-likeness (QED) is 0.421. The monoisotopic (exact) mass is 360 g/mol. The van der Waals surface area contributed by atoms with Crippen LogP contribution in [0.5, 0.6) is 0 Å². The first kappa shape index (κ1) is 19.0. The molecule has 0 bridgehead atoms. The first-order valence-corrected chi connectivity index (χ1v) is 9.79. The zero-order valence-electron chi connectivity index (χ0n) is 15.8. The highest BCUT2D eigenvalue weighted by Gasteiger charge is 2.22. The van der Waals surface area contributed by atoms with Crippen LogP contribution in [0.4, 0.5) is 5.69 Å². The molecular weight excluding hydrogens is 328 g/mol. The molecule has 6 nitrogen and oxygen atoms in total. The van der Waals surface area contributed by atoms with Crippen LogP contribution in [0.1, 0.15) is 19.3 Å². The molecule has 2 aliphatic rings. The van der Waals surface area contributed by atoms with Gasteiger partial charge in [0.2, 0.25) is 0 Å². The van der Waals surface area contributed by atoms with Gasteiger partial charge in [-0.15, -0.1) is 0 Å². The molecule has 0 aliphatic carbocycles. The van der Waals surface area contributed by atoms with E-state index in [4.69, 9.17) is 9.47 Å². The number of rotatable bonds is 8. The smallest absolute Gasteiger partial charge is 0.190 e. The Hall–Kier alpha value is -1.79. The molecule has 1 aromatic rings. The third-order valence-electron chi connectivity index (χ3n) is 5.04. The Bertz CT molecular complexity index is 546. The van der Waals surface area contributed by atoms with E-state index < -0.39 is 0 Å². The standard InChI is InChI=1S/C20H32N4O2/c1-21-20(22-10-5-12-26-19-9-13-25-16-19)23-14-17-8-11-24(15-17)18-6-3-2-4-7-18/h2-4,6-7,17,19H,5,8-16H2,1H3,(H2,21,22,23). The predicted molar refractivity (Wildman–Crippen MR) is 106 cm³/mol. The molecule has 0 radical (unpaired) electrons. The number of aliphatic imine (C=N–C) groups is 1. The van der Waals surface area contributed by atoms with E-state index in [1.807, 2.05) is 7.05 Å². The average molecular weight is 361 g/mol. The van der Waals surface area contributed by atoms with Crippen LogP contribution in [0.3, 0.4) is 0 Å². The van der Waals surface area contributed by atoms with Gasteiger partial charge in [-0.2, -0.15) is 0 Å². The third kappa shape index (κ3) is 5.88. The van der Waals surface area contributed by atoms with Crippen molar-refractivity contribution >= 4 is 11.6 Å². The molecule has 26 heavy (non-hydrogen) atoms. The highest BCUT2D eigenvalue weighted by atomic mass is 16.5. The van der Waals surface area contributed by atoms with E-state index in [2.05, 4.69) is 50.9 Å². The van der Waals surface area contributed by atoms with Gasteiger partial charge in [0.1, 0.15) is 0 Å². The topological polar surface area (TPSA) is 58.1 Å². The summed E-state index contributed by atoms with van der Waals surface area (Å²) in [7, 11) is 1.83. The average Bonchev–Trinajstić information content (AvgIpc) is 3.36. The molecule has 2 atom stereocenters. The number of nitrogens with one attached hydrogen (secondary N) is 2. The molecule has 0 amide bonds. The van der Waals surface area contributed by atoms with Crippen LogP contribution in [0.25, 0.3) is 0 Å². The number of para-hydroxylation sites is 1. The molecular formula is C20H32N4O2. The Labute approximate surface area is 157 Å². The minimum Gasteiger partial charge on any atom is -0.379 e. The Morgan fingerprint density at radius 2 is 2.15 bits per heavy atom. The fourth-order valence-corrected chi connectivity index (χ4v) is 3.51.